The van der Waals surface area contributed by atoms with Crippen LogP contribution in [0.5, 0.6) is 0 Å². The van der Waals surface area contributed by atoms with Gasteiger partial charge in [0.2, 0.25) is 6.23 Å². The number of nitrogens with one attached hydrogen (secondary N) is 5. The van der Waals surface area contributed by atoms with Crippen LogP contribution in [0.25, 0.3) is 10.4 Å². The smallest absolute Gasteiger partial charge is 0.338 e. The van der Waals surface area contributed by atoms with E-state index >= 15 is 0 Å². The van der Waals surface area contributed by atoms with Crippen molar-refractivity contribution in [3.8, 4) is 0 Å². The number of fused-ring (bicyclic) bond motifs is 2. The van der Waals surface area contributed by atoms with Crippen molar-refractivity contribution in [1.29, 1.82) is 0 Å². The van der Waals surface area contributed by atoms with E-state index in [1.165, 1.54) is 68.2 Å². The fraction of sp³-hybridized carbons (Fsp3) is 0.440. The second kappa shape index (κ2) is 52.0. The van der Waals surface area contributed by atoms with Crippen molar-refractivity contribution in [1.82, 2.24) is 47.8 Å². The van der Waals surface area contributed by atoms with E-state index in [1.807, 2.05) is 64.0 Å². The highest BCUT2D eigenvalue weighted by molar-refractivity contribution is 15.0. The number of H-pyrrole nitrogens is 5. The summed E-state index contributed by atoms with van der Waals surface area (Å²) in [4.78, 5) is 140. The molecule has 0 spiro atoms. The van der Waals surface area contributed by atoms with Gasteiger partial charge in [-0.25, -0.2) is 28.8 Å². The van der Waals surface area contributed by atoms with Crippen LogP contribution in [0.3, 0.4) is 0 Å². The minimum absolute atomic E-state index is 0. The monoisotopic (exact) mass is 2380 g/mol. The van der Waals surface area contributed by atoms with Gasteiger partial charge in [0.25, 0.3) is 27.8 Å². The Morgan fingerprint density at radius 1 is 0.465 bits per heavy atom. The van der Waals surface area contributed by atoms with Crippen LogP contribution >= 0.6 is 113 Å². The molecule has 129 heavy (non-hydrogen) atoms. The maximum Gasteiger partial charge on any atom is 0.338 e. The lowest BCUT2D eigenvalue weighted by atomic mass is 9.96. The average molecular weight is 2380 g/mol. The van der Waals surface area contributed by atoms with Gasteiger partial charge in [0.1, 0.15) is 60.7 Å². The third-order valence-electron chi connectivity index (χ3n) is 19.4. The molecule has 708 valence electrons. The predicted molar refractivity (Wildman–Crippen MR) is 530 cm³/mol. The van der Waals surface area contributed by atoms with Gasteiger partial charge in [0, 0.05) is 123 Å². The standard InChI is InChI=1S/C18H15P.C17H16IN5O5.C12H15IN2O5.C12H16N2O6.C9H11IN2O5.C9H10N2O5.7CH4.I2/c1-4-10-16(11-5-1)19(17-12-6-2-7-13-17)18-14-8-3-9-15-18;1-10-13(27-15(25)11-5-3-2-4-6-11)14(28-17(10,9-18)21-22-19)23-8-7-12(24)20-16(23)26;1-12(2)19-8-6(5-13)18-10(9(8)20-12)15-4-3-7(16)14-11(15)17;1-12(2)19-8-6(5-15)18-10(9(8)20-12)14-4-3-7(16)13-11(14)17;10-3-4-6(14)7(15)8(17-4)12-2-1-5(13)11-9(12)16;1-4-6(13)7(14)8(16-4)11-3-2-5(12)10-9(11)15;;;;;;;;1-2/h1-15H;2-8,10,13-14H,9H2,1H3,(H,20,24,26);3-4,6,8-10H,5H2,1-2H3,(H,14,16,17);3-4,6,8-10,15H,5H2,1-2H3,(H,13,16,17);1-2,4,6-8,14-15H,3H2,(H,11,13,16);2-3,6-8,13-14H,1H2,(H,10,12,15);7*1H4;/t;10-,13?,14+,17+;2*6-,8-,9?,10-;4-,6-,7?,8-;6-,7?,8-;;;;;;;;/m.01111......../s1. The maximum absolute atomic E-state index is 12.6. The molecule has 19 atom stereocenters. The molecule has 7 aliphatic rings. The Labute approximate surface area is 807 Å². The number of benzene rings is 4. The lowest BCUT2D eigenvalue weighted by molar-refractivity contribution is -0.200. The third kappa shape index (κ3) is 27.9. The van der Waals surface area contributed by atoms with Crippen LogP contribution in [0.1, 0.15) is 128 Å². The summed E-state index contributed by atoms with van der Waals surface area (Å²) in [6.45, 7) is 12.0. The minimum Gasteiger partial charge on any atom is -0.469 e. The molecule has 0 bridgehead atoms. The lowest BCUT2D eigenvalue weighted by Gasteiger charge is -2.25. The van der Waals surface area contributed by atoms with Crippen LogP contribution in [-0.4, -0.2) is 190 Å². The molecule has 7 saturated heterocycles. The molecule has 0 radical (unpaired) electrons. The highest BCUT2D eigenvalue weighted by Crippen LogP contribution is 2.47. The summed E-state index contributed by atoms with van der Waals surface area (Å²) < 4.78 is 63.9. The summed E-state index contributed by atoms with van der Waals surface area (Å²) in [6.07, 6.45) is -6.58. The highest BCUT2D eigenvalue weighted by Gasteiger charge is 2.58. The predicted octanol–water partition coefficient (Wildman–Crippen LogP) is 8.26. The van der Waals surface area contributed by atoms with E-state index in [9.17, 15) is 78.3 Å². The van der Waals surface area contributed by atoms with Gasteiger partial charge >= 0.3 is 34.4 Å². The van der Waals surface area contributed by atoms with Crippen LogP contribution < -0.4 is 72.2 Å². The summed E-state index contributed by atoms with van der Waals surface area (Å²) in [6, 6.07) is 46.6. The van der Waals surface area contributed by atoms with Gasteiger partial charge in [-0.1, -0.05) is 248 Å². The van der Waals surface area contributed by atoms with E-state index < -0.39 is 179 Å². The zero-order valence-corrected chi connectivity index (χ0v) is 76.7. The van der Waals surface area contributed by atoms with Gasteiger partial charge in [-0.2, -0.15) is 0 Å². The largest absolute Gasteiger partial charge is 0.469 e. The van der Waals surface area contributed by atoms with Gasteiger partial charge in [-0.05, 0) is 69.2 Å². The van der Waals surface area contributed by atoms with Crippen molar-refractivity contribution in [3.63, 3.8) is 0 Å². The van der Waals surface area contributed by atoms with Gasteiger partial charge in [0.05, 0.1) is 24.4 Å². The van der Waals surface area contributed by atoms with E-state index in [0.717, 1.165) is 36.3 Å². The second-order valence-electron chi connectivity index (χ2n) is 28.3. The van der Waals surface area contributed by atoms with Crippen molar-refractivity contribution >= 4 is 135 Å². The molecular weight excluding hydrogens is 2270 g/mol. The van der Waals surface area contributed by atoms with E-state index in [-0.39, 0.29) is 87.1 Å². The Morgan fingerprint density at radius 2 is 0.791 bits per heavy atom. The number of hydrogen-bond donors (Lipinski definition) is 10. The van der Waals surface area contributed by atoms with Crippen molar-refractivity contribution in [2.75, 3.05) is 19.9 Å². The van der Waals surface area contributed by atoms with E-state index in [2.05, 4.69) is 187 Å². The summed E-state index contributed by atoms with van der Waals surface area (Å²) in [5.74, 6) is -2.69. The molecule has 5 aromatic heterocycles. The number of ether oxygens (including phenoxy) is 10. The van der Waals surface area contributed by atoms with Crippen LogP contribution in [-0.2, 0) is 47.4 Å². The Bertz CT molecular complexity index is 5550. The molecular formula is C84H111I5N13O26P. The number of carbonyl (C=O) groups is 1. The van der Waals surface area contributed by atoms with Gasteiger partial charge in [-0.15, -0.1) is 0 Å². The van der Waals surface area contributed by atoms with Crippen LogP contribution in [0.15, 0.2) is 248 Å². The number of hydrogen-bond acceptors (Lipinski definition) is 27. The molecule has 12 heterocycles. The number of aromatic amines is 5. The molecule has 7 aliphatic heterocycles. The minimum atomic E-state index is -1.32. The molecule has 0 saturated carbocycles. The molecule has 9 aromatic rings. The fourth-order valence-corrected chi connectivity index (χ4v) is 18.5. The zero-order chi connectivity index (χ0) is 88.7. The summed E-state index contributed by atoms with van der Waals surface area (Å²) in [5, 5.41) is 55.7. The normalized spacial score (nSPS) is 26.2. The van der Waals surface area contributed by atoms with E-state index in [0.29, 0.717) is 9.99 Å². The first kappa shape index (κ1) is 115. The van der Waals surface area contributed by atoms with E-state index in [1.54, 1.807) is 51.1 Å². The maximum atomic E-state index is 12.6. The number of halogens is 5. The second-order valence-corrected chi connectivity index (χ2v) is 33.1. The van der Waals surface area contributed by atoms with E-state index in [4.69, 9.17) is 52.9 Å². The Balaban J connectivity index is 0.000000396. The number of aliphatic hydroxyl groups excluding tert-OH is 5. The Kier molecular flexibility index (Phi) is 46.5. The summed E-state index contributed by atoms with van der Waals surface area (Å²) in [7, 11) is -0.446. The number of esters is 1. The number of alkyl halides is 3. The number of rotatable bonds is 15. The van der Waals surface area contributed by atoms with Crippen molar-refractivity contribution < 1.29 is 77.7 Å². The van der Waals surface area contributed by atoms with Gasteiger partial charge in [-0.3, -0.25) is 71.7 Å². The van der Waals surface area contributed by atoms with Crippen LogP contribution in [0, 0.1) is 5.92 Å². The van der Waals surface area contributed by atoms with Crippen LogP contribution in [0.4, 0.5) is 0 Å². The molecule has 0 amide bonds. The van der Waals surface area contributed by atoms with Crippen molar-refractivity contribution in [2.24, 2.45) is 11.0 Å². The quantitative estimate of drug-likeness (QED) is 0.00877. The number of nitrogens with zero attached hydrogens (tertiary/aromatic N) is 8. The zero-order valence-electron chi connectivity index (χ0n) is 65.0. The third-order valence-corrected chi connectivity index (χ3v) is 24.7. The fourth-order valence-electron chi connectivity index (χ4n) is 13.7. The molecule has 16 rings (SSSR count). The molecule has 45 heteroatoms. The molecule has 7 fully saturated rings. The number of aromatic nitrogens is 10. The van der Waals surface area contributed by atoms with Crippen molar-refractivity contribution in [2.45, 2.75) is 208 Å². The number of azide groups is 1. The highest BCUT2D eigenvalue weighted by atomic mass is 128. The number of carbonyl (C=O) groups excluding carboxylic acids is 1. The molecule has 39 nitrogen and oxygen atoms in total. The first-order chi connectivity index (χ1) is 58.2. The van der Waals surface area contributed by atoms with Gasteiger partial charge in [0.15, 0.2) is 48.3 Å². The van der Waals surface area contributed by atoms with Crippen LogP contribution in [0.2, 0.25) is 0 Å². The number of aliphatic hydroxyl groups is 5. The lowest BCUT2D eigenvalue weighted by Crippen LogP contribution is -2.38. The molecule has 4 aromatic carbocycles. The van der Waals surface area contributed by atoms with Crippen molar-refractivity contribution in [3.05, 3.63) is 315 Å². The first-order valence-corrected chi connectivity index (χ1v) is 49.2. The summed E-state index contributed by atoms with van der Waals surface area (Å²) in [5.41, 5.74) is 2.21. The summed E-state index contributed by atoms with van der Waals surface area (Å²) >= 11 is 10.5. The Morgan fingerprint density at radius 3 is 1.12 bits per heavy atom. The van der Waals surface area contributed by atoms with Gasteiger partial charge < -0.3 is 72.9 Å². The average Bonchev–Trinajstić information content (AvgIpc) is 1.61. The first-order valence-electron chi connectivity index (χ1n) is 36.9. The SMILES string of the molecule is C.C.C.C.C.C.C.C=C1O[C@@H](n2ccc(=O)[nH]c2=O)C(O)[C@@H]1O.CC1(C)OC2[C@H](n3ccc(=O)[nH]c3=O)O[C@H](CI)[C@H]2O1.CC1(C)OC2[C@H](n3ccc(=O)[nH]c3=O)O[C@H](CO)[C@H]2O1.C[C@H]1C(OC(=O)c2ccccc2)[C@H](n2ccc(=O)[nH]c2=O)O[C@@]1(CI)N=[N+]=[N-].II.O=c1ccn([C@@H]2O[C@H](CI)[C@@H](O)C2O)c(=O)[nH]1.c1ccc(P(c2ccccc2)c2ccccc2)cc1. The topological polar surface area (TPSA) is 534 Å². The molecule has 5 unspecified atom stereocenters. The molecule has 0 aliphatic carbocycles. The molecule has 10 N–H and O–H groups in total. The Hall–Kier alpha value is -7.84.